The first-order valence-electron chi connectivity index (χ1n) is 6.94. The van der Waals surface area contributed by atoms with Gasteiger partial charge in [0.1, 0.15) is 0 Å². The number of hydrogen-bond donors (Lipinski definition) is 1. The maximum atomic E-state index is 4.14. The molecule has 2 rings (SSSR count). The molecule has 2 atom stereocenters. The molecule has 0 aliphatic carbocycles. The van der Waals surface area contributed by atoms with Crippen molar-refractivity contribution < 1.29 is 0 Å². The number of nitrogens with zero attached hydrogens (tertiary/aromatic N) is 2. The van der Waals surface area contributed by atoms with E-state index in [2.05, 4.69) is 28.7 Å². The molecule has 0 radical (unpaired) electrons. The first kappa shape index (κ1) is 13.1. The Bertz CT molecular complexity index is 264. The van der Waals surface area contributed by atoms with E-state index in [0.29, 0.717) is 0 Å². The highest BCUT2D eigenvalue weighted by Crippen LogP contribution is 2.29. The van der Waals surface area contributed by atoms with Gasteiger partial charge >= 0.3 is 0 Å². The van der Waals surface area contributed by atoms with Gasteiger partial charge in [0, 0.05) is 25.7 Å². The van der Waals surface area contributed by atoms with Crippen LogP contribution in [0.1, 0.15) is 19.3 Å². The third kappa shape index (κ3) is 3.30. The van der Waals surface area contributed by atoms with Gasteiger partial charge in [-0.15, -0.1) is 0 Å². The molecule has 0 amide bonds. The summed E-state index contributed by atoms with van der Waals surface area (Å²) in [6.07, 6.45) is 4.14. The summed E-state index contributed by atoms with van der Waals surface area (Å²) in [5, 5.41) is 3.19. The summed E-state index contributed by atoms with van der Waals surface area (Å²) in [5.41, 5.74) is 1.31. The monoisotopic (exact) mass is 237 g/mol. The highest BCUT2D eigenvalue weighted by atomic mass is 15.2. The van der Waals surface area contributed by atoms with Gasteiger partial charge in [0.25, 0.3) is 0 Å². The molecule has 2 saturated heterocycles. The van der Waals surface area contributed by atoms with Crippen LogP contribution >= 0.6 is 0 Å². The van der Waals surface area contributed by atoms with Gasteiger partial charge in [-0.25, -0.2) is 0 Å². The number of hydrogen-bond acceptors (Lipinski definition) is 3. The van der Waals surface area contributed by atoms with Gasteiger partial charge in [-0.3, -0.25) is 4.90 Å². The Morgan fingerprint density at radius 1 is 1.35 bits per heavy atom. The number of likely N-dealkylation sites (tertiary alicyclic amines) is 2. The molecule has 98 valence electrons. The minimum Gasteiger partial charge on any atom is -0.316 e. The first-order valence-corrected chi connectivity index (χ1v) is 6.94. The Morgan fingerprint density at radius 2 is 2.18 bits per heavy atom. The third-order valence-corrected chi connectivity index (χ3v) is 4.30. The maximum Gasteiger partial charge on any atom is 0.0202 e. The lowest BCUT2D eigenvalue weighted by molar-refractivity contribution is 0.0422. The molecule has 17 heavy (non-hydrogen) atoms. The quantitative estimate of drug-likeness (QED) is 0.741. The van der Waals surface area contributed by atoms with E-state index in [1.54, 1.807) is 0 Å². The van der Waals surface area contributed by atoms with Crippen LogP contribution in [0.25, 0.3) is 0 Å². The Kier molecular flexibility index (Phi) is 4.60. The van der Waals surface area contributed by atoms with Crippen molar-refractivity contribution in [1.82, 2.24) is 15.1 Å². The molecule has 2 aliphatic rings. The Labute approximate surface area is 106 Å². The summed E-state index contributed by atoms with van der Waals surface area (Å²) in [6, 6.07) is 0.845. The van der Waals surface area contributed by atoms with Crippen molar-refractivity contribution in [2.75, 3.05) is 46.8 Å². The van der Waals surface area contributed by atoms with Crippen LogP contribution in [0.15, 0.2) is 12.2 Å². The number of nitrogens with one attached hydrogen (secondary N) is 1. The molecular formula is C14H27N3. The first-order chi connectivity index (χ1) is 8.20. The van der Waals surface area contributed by atoms with E-state index in [4.69, 9.17) is 0 Å². The fourth-order valence-corrected chi connectivity index (χ4v) is 3.49. The Hall–Kier alpha value is -0.380. The van der Waals surface area contributed by atoms with Gasteiger partial charge in [-0.2, -0.15) is 0 Å². The topological polar surface area (TPSA) is 18.5 Å². The Morgan fingerprint density at radius 3 is 2.94 bits per heavy atom. The standard InChI is InChI=1S/C14H27N3/c1-12(9-15-2)10-17-8-6-14-13(11-17)5-4-7-16(14)3/h13-15H,1,4-11H2,2-3H3. The second kappa shape index (κ2) is 5.98. The lowest BCUT2D eigenvalue weighted by Crippen LogP contribution is -2.53. The minimum atomic E-state index is 0.845. The predicted molar refractivity (Wildman–Crippen MR) is 73.3 cm³/mol. The molecule has 0 aromatic rings. The second-order valence-electron chi connectivity index (χ2n) is 5.75. The molecule has 0 spiro atoms. The zero-order valence-corrected chi connectivity index (χ0v) is 11.4. The Balaban J connectivity index is 1.83. The normalized spacial score (nSPS) is 31.2. The van der Waals surface area contributed by atoms with E-state index in [9.17, 15) is 0 Å². The molecule has 0 bridgehead atoms. The second-order valence-corrected chi connectivity index (χ2v) is 5.75. The summed E-state index contributed by atoms with van der Waals surface area (Å²) < 4.78 is 0. The van der Waals surface area contributed by atoms with Gasteiger partial charge in [0.05, 0.1) is 0 Å². The van der Waals surface area contributed by atoms with Gasteiger partial charge in [0.2, 0.25) is 0 Å². The van der Waals surface area contributed by atoms with Gasteiger partial charge in [-0.05, 0) is 57.9 Å². The molecule has 2 heterocycles. The fourth-order valence-electron chi connectivity index (χ4n) is 3.49. The van der Waals surface area contributed by atoms with Gasteiger partial charge in [-0.1, -0.05) is 6.58 Å². The van der Waals surface area contributed by atoms with Crippen LogP contribution in [0.4, 0.5) is 0 Å². The zero-order valence-electron chi connectivity index (χ0n) is 11.4. The van der Waals surface area contributed by atoms with Crippen molar-refractivity contribution in [3.05, 3.63) is 12.2 Å². The molecule has 3 heteroatoms. The summed E-state index contributed by atoms with van der Waals surface area (Å²) in [4.78, 5) is 5.17. The van der Waals surface area contributed by atoms with Gasteiger partial charge < -0.3 is 10.2 Å². The van der Waals surface area contributed by atoms with E-state index in [-0.39, 0.29) is 0 Å². The van der Waals surface area contributed by atoms with Crippen LogP contribution < -0.4 is 5.32 Å². The van der Waals surface area contributed by atoms with E-state index in [0.717, 1.165) is 25.0 Å². The molecular weight excluding hydrogens is 210 g/mol. The van der Waals surface area contributed by atoms with E-state index < -0.39 is 0 Å². The largest absolute Gasteiger partial charge is 0.316 e. The van der Waals surface area contributed by atoms with Crippen molar-refractivity contribution in [2.24, 2.45) is 5.92 Å². The van der Waals surface area contributed by atoms with Crippen LogP contribution in [0.3, 0.4) is 0 Å². The highest BCUT2D eigenvalue weighted by molar-refractivity contribution is 5.01. The van der Waals surface area contributed by atoms with Crippen molar-refractivity contribution in [3.8, 4) is 0 Å². The van der Waals surface area contributed by atoms with E-state index >= 15 is 0 Å². The fraction of sp³-hybridized carbons (Fsp3) is 0.857. The number of likely N-dealkylation sites (N-methyl/N-ethyl adjacent to an activating group) is 1. The van der Waals surface area contributed by atoms with Crippen molar-refractivity contribution in [3.63, 3.8) is 0 Å². The SMILES string of the molecule is C=C(CNC)CN1CCC2C(CCCN2C)C1. The third-order valence-electron chi connectivity index (χ3n) is 4.30. The molecule has 2 aliphatic heterocycles. The minimum absolute atomic E-state index is 0.845. The lowest BCUT2D eigenvalue weighted by Gasteiger charge is -2.46. The van der Waals surface area contributed by atoms with Crippen LogP contribution in [0.2, 0.25) is 0 Å². The number of fused-ring (bicyclic) bond motifs is 1. The van der Waals surface area contributed by atoms with Gasteiger partial charge in [0.15, 0.2) is 0 Å². The summed E-state index contributed by atoms with van der Waals surface area (Å²) in [7, 11) is 4.29. The number of piperidine rings is 2. The highest BCUT2D eigenvalue weighted by Gasteiger charge is 2.33. The van der Waals surface area contributed by atoms with Crippen molar-refractivity contribution in [2.45, 2.75) is 25.3 Å². The van der Waals surface area contributed by atoms with Crippen molar-refractivity contribution in [1.29, 1.82) is 0 Å². The molecule has 0 saturated carbocycles. The average Bonchev–Trinajstić information content (AvgIpc) is 2.29. The smallest absolute Gasteiger partial charge is 0.0202 e. The molecule has 2 unspecified atom stereocenters. The number of rotatable bonds is 4. The van der Waals surface area contributed by atoms with E-state index in [1.165, 1.54) is 44.5 Å². The van der Waals surface area contributed by atoms with Crippen LogP contribution in [0.5, 0.6) is 0 Å². The average molecular weight is 237 g/mol. The predicted octanol–water partition coefficient (Wildman–Crippen LogP) is 1.18. The summed E-state index contributed by atoms with van der Waals surface area (Å²) in [5.74, 6) is 0.893. The maximum absolute atomic E-state index is 4.14. The van der Waals surface area contributed by atoms with Crippen molar-refractivity contribution >= 4 is 0 Å². The summed E-state index contributed by atoms with van der Waals surface area (Å²) in [6.45, 7) is 9.99. The van der Waals surface area contributed by atoms with E-state index in [1.807, 2.05) is 7.05 Å². The zero-order chi connectivity index (χ0) is 12.3. The molecule has 0 aromatic carbocycles. The lowest BCUT2D eigenvalue weighted by atomic mass is 9.84. The molecule has 2 fully saturated rings. The van der Waals surface area contributed by atoms with Crippen LogP contribution in [0, 0.1) is 5.92 Å². The summed E-state index contributed by atoms with van der Waals surface area (Å²) >= 11 is 0. The molecule has 3 nitrogen and oxygen atoms in total. The molecule has 0 aromatic heterocycles. The molecule has 1 N–H and O–H groups in total. The van der Waals surface area contributed by atoms with Crippen LogP contribution in [-0.2, 0) is 0 Å². The van der Waals surface area contributed by atoms with Crippen LogP contribution in [-0.4, -0.2) is 62.7 Å².